The Hall–Kier alpha value is -3.36. The van der Waals surface area contributed by atoms with Crippen molar-refractivity contribution in [1.29, 1.82) is 0 Å². The second-order valence-corrected chi connectivity index (χ2v) is 8.15. The maximum Gasteiger partial charge on any atom is 0.340 e. The zero-order chi connectivity index (χ0) is 24.1. The monoisotopic (exact) mass is 490 g/mol. The highest BCUT2D eigenvalue weighted by molar-refractivity contribution is 7.89. The third kappa shape index (κ3) is 5.87. The Morgan fingerprint density at radius 3 is 2.62 bits per heavy atom. The Morgan fingerprint density at radius 1 is 1.41 bits per heavy atom. The second kappa shape index (κ2) is 10.3. The van der Waals surface area contributed by atoms with Crippen LogP contribution < -0.4 is 10.5 Å². The molecule has 0 aliphatic carbocycles. The van der Waals surface area contributed by atoms with Crippen molar-refractivity contribution >= 4 is 39.2 Å². The second-order valence-electron chi connectivity index (χ2n) is 6.24. The Bertz CT molecular complexity index is 1120. The molecule has 1 aromatic heterocycles. The minimum Gasteiger partial charge on any atom is -0.467 e. The molecule has 0 unspecified atom stereocenters. The van der Waals surface area contributed by atoms with Crippen molar-refractivity contribution in [3.8, 4) is 0 Å². The van der Waals surface area contributed by atoms with Gasteiger partial charge in [0, 0.05) is 13.6 Å². The first-order valence-corrected chi connectivity index (χ1v) is 10.7. The third-order valence-electron chi connectivity index (χ3n) is 4.15. The van der Waals surface area contributed by atoms with E-state index in [9.17, 15) is 28.1 Å². The topological polar surface area (TPSA) is 184 Å². The van der Waals surface area contributed by atoms with Crippen molar-refractivity contribution < 1.29 is 37.1 Å². The number of benzene rings is 1. The van der Waals surface area contributed by atoms with Gasteiger partial charge in [0.15, 0.2) is 0 Å². The van der Waals surface area contributed by atoms with E-state index in [0.717, 1.165) is 18.1 Å². The van der Waals surface area contributed by atoms with Crippen LogP contribution in [-0.2, 0) is 26.1 Å². The number of carbonyl (C=O) groups excluding carboxylic acids is 2. The number of carbonyl (C=O) groups is 2. The lowest BCUT2D eigenvalue weighted by Gasteiger charge is -2.22. The summed E-state index contributed by atoms with van der Waals surface area (Å²) in [4.78, 5) is 40.4. The van der Waals surface area contributed by atoms with Crippen molar-refractivity contribution in [2.24, 2.45) is 5.14 Å². The minimum atomic E-state index is -4.45. The minimum absolute atomic E-state index is 0.00350. The molecule has 3 N–H and O–H groups in total. The van der Waals surface area contributed by atoms with Gasteiger partial charge in [-0.3, -0.25) is 4.79 Å². The number of likely N-dealkylation sites (N-methyl/N-ethyl adjacent to an activating group) is 1. The van der Waals surface area contributed by atoms with Crippen LogP contribution in [0, 0.1) is 10.1 Å². The average molecular weight is 491 g/mol. The van der Waals surface area contributed by atoms with Crippen LogP contribution in [0.1, 0.15) is 26.5 Å². The number of primary sulfonamides is 1. The van der Waals surface area contributed by atoms with Crippen molar-refractivity contribution in [2.75, 3.05) is 32.6 Å². The van der Waals surface area contributed by atoms with Gasteiger partial charge in [0.25, 0.3) is 11.0 Å². The quantitative estimate of drug-likeness (QED) is 0.279. The number of nitrogens with zero attached hydrogens (tertiary/aromatic N) is 2. The smallest absolute Gasteiger partial charge is 0.340 e. The zero-order valence-electron chi connectivity index (χ0n) is 16.9. The van der Waals surface area contributed by atoms with Crippen LogP contribution in [0.2, 0.25) is 5.02 Å². The summed E-state index contributed by atoms with van der Waals surface area (Å²) in [5.74, 6) is -1.40. The van der Waals surface area contributed by atoms with Gasteiger partial charge in [-0.25, -0.2) is 18.4 Å². The van der Waals surface area contributed by atoms with Crippen molar-refractivity contribution in [3.05, 3.63) is 56.5 Å². The van der Waals surface area contributed by atoms with E-state index in [2.05, 4.69) is 10.2 Å². The molecule has 0 atom stereocenters. The first-order valence-electron chi connectivity index (χ1n) is 8.74. The molecule has 0 bridgehead atoms. The number of furan rings is 1. The molecule has 2 rings (SSSR count). The van der Waals surface area contributed by atoms with E-state index >= 15 is 0 Å². The third-order valence-corrected chi connectivity index (χ3v) is 5.59. The number of sulfonamides is 1. The van der Waals surface area contributed by atoms with Crippen LogP contribution in [0.3, 0.4) is 0 Å². The summed E-state index contributed by atoms with van der Waals surface area (Å²) in [5.41, 5.74) is -0.878. The van der Waals surface area contributed by atoms with E-state index in [1.165, 1.54) is 13.3 Å². The van der Waals surface area contributed by atoms with Gasteiger partial charge in [0.2, 0.25) is 10.0 Å². The van der Waals surface area contributed by atoms with Gasteiger partial charge >= 0.3 is 5.97 Å². The molecule has 0 saturated carbocycles. The largest absolute Gasteiger partial charge is 0.467 e. The highest BCUT2D eigenvalue weighted by Crippen LogP contribution is 2.36. The number of anilines is 1. The lowest BCUT2D eigenvalue weighted by Crippen LogP contribution is -2.32. The van der Waals surface area contributed by atoms with Crippen LogP contribution in [-0.4, -0.2) is 57.6 Å². The summed E-state index contributed by atoms with van der Waals surface area (Å²) < 4.78 is 34.0. The van der Waals surface area contributed by atoms with Gasteiger partial charge in [-0.05, 0) is 18.2 Å². The molecule has 32 heavy (non-hydrogen) atoms. The molecule has 174 valence electrons. The maximum absolute atomic E-state index is 13.1. The number of esters is 1. The number of nitrogens with one attached hydrogen (secondary N) is 1. The Kier molecular flexibility index (Phi) is 8.02. The highest BCUT2D eigenvalue weighted by Gasteiger charge is 2.31. The number of hydrogen-bond donors (Lipinski definition) is 2. The summed E-state index contributed by atoms with van der Waals surface area (Å²) in [7, 11) is -2.11. The number of amides is 1. The number of hydrogen-bond acceptors (Lipinski definition) is 10. The normalized spacial score (nSPS) is 11.0. The van der Waals surface area contributed by atoms with Crippen LogP contribution in [0.4, 0.5) is 5.69 Å². The first-order chi connectivity index (χ1) is 15.0. The summed E-state index contributed by atoms with van der Waals surface area (Å²) >= 11 is 6.24. The number of rotatable bonds is 10. The van der Waals surface area contributed by atoms with E-state index in [-0.39, 0.29) is 24.3 Å². The Labute approximate surface area is 187 Å². The predicted octanol–water partition coefficient (Wildman–Crippen LogP) is 1.26. The van der Waals surface area contributed by atoms with Crippen LogP contribution in [0.15, 0.2) is 33.8 Å². The van der Waals surface area contributed by atoms with E-state index in [1.54, 1.807) is 12.1 Å². The number of nitrogens with two attached hydrogens (primary N) is 1. The van der Waals surface area contributed by atoms with Crippen molar-refractivity contribution in [2.45, 2.75) is 11.4 Å². The fraction of sp³-hybridized carbons (Fsp3) is 0.294. The molecule has 0 aliphatic rings. The van der Waals surface area contributed by atoms with Crippen LogP contribution in [0.25, 0.3) is 0 Å². The van der Waals surface area contributed by atoms with Gasteiger partial charge < -0.3 is 24.2 Å². The summed E-state index contributed by atoms with van der Waals surface area (Å²) in [6.45, 7) is -0.710. The molecular formula is C17H19ClN4O9S. The molecule has 13 nitrogen and oxygen atoms in total. The lowest BCUT2D eigenvalue weighted by atomic mass is 10.0. The van der Waals surface area contributed by atoms with Crippen LogP contribution in [0.5, 0.6) is 0 Å². The van der Waals surface area contributed by atoms with E-state index in [0.29, 0.717) is 5.76 Å². The molecule has 0 fully saturated rings. The fourth-order valence-electron chi connectivity index (χ4n) is 2.63. The van der Waals surface area contributed by atoms with E-state index in [4.69, 9.17) is 25.9 Å². The Morgan fingerprint density at radius 2 is 2.09 bits per heavy atom. The molecule has 1 aromatic carbocycles. The molecule has 0 radical (unpaired) electrons. The van der Waals surface area contributed by atoms with Crippen molar-refractivity contribution in [3.63, 3.8) is 0 Å². The summed E-state index contributed by atoms with van der Waals surface area (Å²) in [5, 5.41) is 16.8. The molecule has 1 heterocycles. The van der Waals surface area contributed by atoms with Gasteiger partial charge in [-0.2, -0.15) is 0 Å². The number of methoxy groups -OCH3 is 1. The lowest BCUT2D eigenvalue weighted by molar-refractivity contribution is -0.757. The van der Waals surface area contributed by atoms with Gasteiger partial charge in [0.1, 0.15) is 17.3 Å². The molecule has 1 amide bonds. The SMILES string of the molecule is COC(=O)c1cc(S(N)(=O)=O)c(Cl)c(C(=O)N(C)CCO[N+](=O)[O-])c1NCc1ccco1. The molecule has 15 heteroatoms. The van der Waals surface area contributed by atoms with Crippen molar-refractivity contribution in [1.82, 2.24) is 4.90 Å². The zero-order valence-corrected chi connectivity index (χ0v) is 18.4. The van der Waals surface area contributed by atoms with Gasteiger partial charge in [0.05, 0.1) is 41.8 Å². The molecule has 2 aromatic rings. The average Bonchev–Trinajstić information content (AvgIpc) is 3.23. The summed E-state index contributed by atoms with van der Waals surface area (Å²) in [6.07, 6.45) is 1.41. The van der Waals surface area contributed by atoms with E-state index in [1.807, 2.05) is 0 Å². The maximum atomic E-state index is 13.1. The van der Waals surface area contributed by atoms with Gasteiger partial charge in [-0.15, -0.1) is 10.1 Å². The van der Waals surface area contributed by atoms with E-state index < -0.39 is 49.1 Å². The Balaban J connectivity index is 2.63. The summed E-state index contributed by atoms with van der Waals surface area (Å²) in [6, 6.07) is 4.12. The molecular weight excluding hydrogens is 472 g/mol. The number of halogens is 1. The molecule has 0 saturated heterocycles. The molecule has 0 spiro atoms. The van der Waals surface area contributed by atoms with Crippen LogP contribution >= 0.6 is 11.6 Å². The molecule has 0 aliphatic heterocycles. The fourth-order valence-corrected chi connectivity index (χ4v) is 3.82. The number of ether oxygens (including phenoxy) is 1. The first kappa shape index (κ1) is 24.9. The predicted molar refractivity (Wildman–Crippen MR) is 110 cm³/mol. The highest BCUT2D eigenvalue weighted by atomic mass is 35.5. The van der Waals surface area contributed by atoms with Gasteiger partial charge in [-0.1, -0.05) is 11.6 Å². The standard InChI is InChI=1S/C17H19ClN4O9S/c1-21(5-7-31-22(25)26)16(23)13-14(18)12(32(19,27)28)8-11(17(24)29-2)15(13)20-9-10-4-3-6-30-10/h3-4,6,8,20H,5,7,9H2,1-2H3,(H2,19,27,28).